The van der Waals surface area contributed by atoms with Crippen LogP contribution in [0.5, 0.6) is 0 Å². The number of aryl methyl sites for hydroxylation is 3. The minimum atomic E-state index is -0.771. The van der Waals surface area contributed by atoms with Crippen LogP contribution in [0.3, 0.4) is 0 Å². The molecule has 1 amide bonds. The predicted molar refractivity (Wildman–Crippen MR) is 98.1 cm³/mol. The number of amides is 1. The molecule has 2 aromatic carbocycles. The Morgan fingerprint density at radius 2 is 1.72 bits per heavy atom. The topological polar surface area (TPSA) is 53.9 Å². The van der Waals surface area contributed by atoms with Crippen molar-refractivity contribution in [3.05, 3.63) is 70.3 Å². The molecule has 1 heterocycles. The summed E-state index contributed by atoms with van der Waals surface area (Å²) in [5, 5.41) is 5.90. The number of carbonyl (C=O) groups excluding carboxylic acids is 1. The Labute approximate surface area is 148 Å². The zero-order chi connectivity index (χ0) is 18.2. The maximum Gasteiger partial charge on any atom is 0.269 e. The molecule has 0 unspecified atom stereocenters. The Kier molecular flexibility index (Phi) is 4.25. The number of nitrogens with one attached hydrogen (secondary N) is 1. The third kappa shape index (κ3) is 3.50. The van der Waals surface area contributed by atoms with Gasteiger partial charge < -0.3 is 4.84 Å². The Balaban J connectivity index is 1.91. The molecular weight excluding hydrogens is 314 g/mol. The van der Waals surface area contributed by atoms with E-state index >= 15 is 0 Å². The molecule has 3 rings (SSSR count). The van der Waals surface area contributed by atoms with E-state index in [2.05, 4.69) is 16.6 Å². The van der Waals surface area contributed by atoms with Gasteiger partial charge in [-0.25, -0.2) is 5.01 Å². The van der Waals surface area contributed by atoms with Crippen LogP contribution in [0.1, 0.15) is 46.5 Å². The second-order valence-electron chi connectivity index (χ2n) is 6.98. The molecule has 0 spiro atoms. The SMILES string of the molecule is Cc1cccc(C(=O)NN2C(c3cc(C)cc(C)c3)=NOC2(C)C)c1. The van der Waals surface area contributed by atoms with Crippen LogP contribution in [0.25, 0.3) is 0 Å². The highest BCUT2D eigenvalue weighted by molar-refractivity contribution is 6.02. The fourth-order valence-corrected chi connectivity index (χ4v) is 2.92. The normalized spacial score (nSPS) is 15.6. The van der Waals surface area contributed by atoms with Gasteiger partial charge in [-0.05, 0) is 58.9 Å². The van der Waals surface area contributed by atoms with Gasteiger partial charge in [0.15, 0.2) is 5.84 Å². The van der Waals surface area contributed by atoms with Gasteiger partial charge in [-0.2, -0.15) is 0 Å². The van der Waals surface area contributed by atoms with Gasteiger partial charge in [0.2, 0.25) is 5.72 Å². The molecule has 0 bridgehead atoms. The van der Waals surface area contributed by atoms with Crippen molar-refractivity contribution in [1.82, 2.24) is 10.4 Å². The van der Waals surface area contributed by atoms with E-state index in [1.807, 2.05) is 65.0 Å². The molecule has 25 heavy (non-hydrogen) atoms. The Morgan fingerprint density at radius 1 is 1.04 bits per heavy atom. The van der Waals surface area contributed by atoms with Gasteiger partial charge in [-0.3, -0.25) is 10.2 Å². The third-order valence-corrected chi connectivity index (χ3v) is 4.08. The maximum atomic E-state index is 12.7. The Bertz CT molecular complexity index is 836. The van der Waals surface area contributed by atoms with E-state index in [4.69, 9.17) is 4.84 Å². The van der Waals surface area contributed by atoms with Crippen LogP contribution in [0.15, 0.2) is 47.6 Å². The molecule has 0 aliphatic carbocycles. The van der Waals surface area contributed by atoms with Crippen molar-refractivity contribution < 1.29 is 9.63 Å². The minimum absolute atomic E-state index is 0.195. The maximum absolute atomic E-state index is 12.7. The molecule has 0 saturated carbocycles. The van der Waals surface area contributed by atoms with Crippen molar-refractivity contribution in [3.63, 3.8) is 0 Å². The quantitative estimate of drug-likeness (QED) is 0.929. The van der Waals surface area contributed by atoms with Crippen LogP contribution in [0.2, 0.25) is 0 Å². The van der Waals surface area contributed by atoms with E-state index in [1.54, 1.807) is 11.1 Å². The number of oxime groups is 1. The molecule has 0 atom stereocenters. The first-order valence-electron chi connectivity index (χ1n) is 8.29. The highest BCUT2D eigenvalue weighted by Crippen LogP contribution is 2.26. The molecule has 2 aromatic rings. The van der Waals surface area contributed by atoms with Gasteiger partial charge in [-0.15, -0.1) is 0 Å². The molecular formula is C20H23N3O2. The summed E-state index contributed by atoms with van der Waals surface area (Å²) >= 11 is 0. The van der Waals surface area contributed by atoms with Crippen LogP contribution in [0.4, 0.5) is 0 Å². The molecule has 1 aliphatic heterocycles. The van der Waals surface area contributed by atoms with Crippen LogP contribution in [0, 0.1) is 20.8 Å². The number of hydrogen-bond donors (Lipinski definition) is 1. The van der Waals surface area contributed by atoms with Gasteiger partial charge in [0.05, 0.1) is 0 Å². The van der Waals surface area contributed by atoms with Crippen molar-refractivity contribution in [2.45, 2.75) is 40.3 Å². The van der Waals surface area contributed by atoms with E-state index in [0.717, 1.165) is 22.3 Å². The Morgan fingerprint density at radius 3 is 2.36 bits per heavy atom. The lowest BCUT2D eigenvalue weighted by Gasteiger charge is -2.31. The summed E-state index contributed by atoms with van der Waals surface area (Å²) in [7, 11) is 0. The number of amidine groups is 1. The lowest BCUT2D eigenvalue weighted by molar-refractivity contribution is -0.0824. The fraction of sp³-hybridized carbons (Fsp3) is 0.300. The average Bonchev–Trinajstić information content (AvgIpc) is 2.81. The molecule has 0 radical (unpaired) electrons. The van der Waals surface area contributed by atoms with Crippen LogP contribution in [-0.4, -0.2) is 22.5 Å². The van der Waals surface area contributed by atoms with Crippen LogP contribution in [-0.2, 0) is 4.84 Å². The highest BCUT2D eigenvalue weighted by Gasteiger charge is 2.40. The summed E-state index contributed by atoms with van der Waals surface area (Å²) in [6.07, 6.45) is 0. The van der Waals surface area contributed by atoms with E-state index in [-0.39, 0.29) is 5.91 Å². The van der Waals surface area contributed by atoms with Crippen molar-refractivity contribution in [3.8, 4) is 0 Å². The van der Waals surface area contributed by atoms with Crippen molar-refractivity contribution in [2.24, 2.45) is 5.16 Å². The molecule has 1 aliphatic rings. The second kappa shape index (κ2) is 6.24. The van der Waals surface area contributed by atoms with E-state index in [9.17, 15) is 4.79 Å². The van der Waals surface area contributed by atoms with E-state index in [0.29, 0.717) is 11.4 Å². The number of benzene rings is 2. The van der Waals surface area contributed by atoms with Crippen molar-refractivity contribution >= 4 is 11.7 Å². The lowest BCUT2D eigenvalue weighted by Crippen LogP contribution is -2.54. The molecule has 5 heteroatoms. The van der Waals surface area contributed by atoms with Gasteiger partial charge in [-0.1, -0.05) is 40.0 Å². The summed E-state index contributed by atoms with van der Waals surface area (Å²) in [5.74, 6) is 0.400. The summed E-state index contributed by atoms with van der Waals surface area (Å²) in [6.45, 7) is 9.76. The average molecular weight is 337 g/mol. The van der Waals surface area contributed by atoms with Gasteiger partial charge in [0.1, 0.15) is 0 Å². The monoisotopic (exact) mass is 337 g/mol. The minimum Gasteiger partial charge on any atom is -0.364 e. The number of carbonyl (C=O) groups is 1. The zero-order valence-corrected chi connectivity index (χ0v) is 15.3. The fourth-order valence-electron chi connectivity index (χ4n) is 2.92. The van der Waals surface area contributed by atoms with Crippen molar-refractivity contribution in [2.75, 3.05) is 0 Å². The summed E-state index contributed by atoms with van der Waals surface area (Å²) in [5.41, 5.74) is 6.98. The first kappa shape index (κ1) is 17.0. The van der Waals surface area contributed by atoms with E-state index in [1.165, 1.54) is 0 Å². The largest absolute Gasteiger partial charge is 0.364 e. The summed E-state index contributed by atoms with van der Waals surface area (Å²) < 4.78 is 0. The number of nitrogens with zero attached hydrogens (tertiary/aromatic N) is 2. The third-order valence-electron chi connectivity index (χ3n) is 4.08. The van der Waals surface area contributed by atoms with Crippen LogP contribution < -0.4 is 5.43 Å². The lowest BCUT2D eigenvalue weighted by atomic mass is 10.1. The van der Waals surface area contributed by atoms with Crippen LogP contribution >= 0.6 is 0 Å². The van der Waals surface area contributed by atoms with Gasteiger partial charge in [0.25, 0.3) is 5.91 Å². The molecule has 0 saturated heterocycles. The first-order valence-corrected chi connectivity index (χ1v) is 8.29. The number of hydrazine groups is 1. The van der Waals surface area contributed by atoms with E-state index < -0.39 is 5.72 Å². The van der Waals surface area contributed by atoms with Crippen molar-refractivity contribution in [1.29, 1.82) is 0 Å². The zero-order valence-electron chi connectivity index (χ0n) is 15.3. The first-order chi connectivity index (χ1) is 11.8. The number of hydrogen-bond acceptors (Lipinski definition) is 4. The molecule has 0 fully saturated rings. The second-order valence-corrected chi connectivity index (χ2v) is 6.98. The summed E-state index contributed by atoms with van der Waals surface area (Å²) in [4.78, 5) is 18.2. The van der Waals surface area contributed by atoms with Gasteiger partial charge in [0, 0.05) is 11.1 Å². The van der Waals surface area contributed by atoms with Gasteiger partial charge >= 0.3 is 0 Å². The molecule has 130 valence electrons. The predicted octanol–water partition coefficient (Wildman–Crippen LogP) is 3.69. The smallest absolute Gasteiger partial charge is 0.269 e. The molecule has 0 aromatic heterocycles. The Hall–Kier alpha value is -2.82. The standard InChI is InChI=1S/C20H23N3O2/c1-13-7-6-8-16(10-13)19(24)21-23-18(22-25-20(23,4)5)17-11-14(2)9-15(3)12-17/h6-12H,1-5H3,(H,21,24). The molecule has 1 N–H and O–H groups in total. The summed E-state index contributed by atoms with van der Waals surface area (Å²) in [6, 6.07) is 13.6. The highest BCUT2D eigenvalue weighted by atomic mass is 16.7. The molecule has 5 nitrogen and oxygen atoms in total. The number of rotatable bonds is 3.